The minimum atomic E-state index is -0.580. The van der Waals surface area contributed by atoms with E-state index in [1.54, 1.807) is 42.7 Å². The number of hydrogen-bond donors (Lipinski definition) is 3. The monoisotopic (exact) mass is 519 g/mol. The number of rotatable bonds is 11. The summed E-state index contributed by atoms with van der Waals surface area (Å²) >= 11 is 0. The quantitative estimate of drug-likeness (QED) is 0.271. The van der Waals surface area contributed by atoms with Crippen LogP contribution < -0.4 is 20.3 Å². The summed E-state index contributed by atoms with van der Waals surface area (Å²) in [6.07, 6.45) is 5.55. The highest BCUT2D eigenvalue weighted by atomic mass is 16.5. The van der Waals surface area contributed by atoms with Gasteiger partial charge >= 0.3 is 0 Å². The molecular formula is C27H29N5O6. The Kier molecular flexibility index (Phi) is 8.37. The molecule has 11 heteroatoms. The van der Waals surface area contributed by atoms with Crippen molar-refractivity contribution >= 4 is 5.91 Å². The van der Waals surface area contributed by atoms with Crippen LogP contribution in [-0.2, 0) is 24.2 Å². The van der Waals surface area contributed by atoms with E-state index in [0.29, 0.717) is 34.7 Å². The van der Waals surface area contributed by atoms with E-state index in [-0.39, 0.29) is 42.0 Å². The van der Waals surface area contributed by atoms with Crippen molar-refractivity contribution in [3.8, 4) is 39.8 Å². The molecule has 1 aromatic carbocycles. The summed E-state index contributed by atoms with van der Waals surface area (Å²) in [6, 6.07) is 8.75. The lowest BCUT2D eigenvalue weighted by Gasteiger charge is -2.18. The SMILES string of the molecule is CCCCc1[nH]c(=O)c(-c2nnc(CNC(=O)Cc3ccncc3)o2)c(O)c1-c1c(OC)cccc1OC. The summed E-state index contributed by atoms with van der Waals surface area (Å²) in [6.45, 7) is 1.99. The fraction of sp³-hybridized carbons (Fsp3) is 0.296. The first-order valence-corrected chi connectivity index (χ1v) is 12.1. The molecule has 0 aliphatic rings. The highest BCUT2D eigenvalue weighted by molar-refractivity contribution is 5.87. The normalized spacial score (nSPS) is 10.8. The second kappa shape index (κ2) is 12.0. The fourth-order valence-corrected chi connectivity index (χ4v) is 4.09. The molecule has 38 heavy (non-hydrogen) atoms. The van der Waals surface area contributed by atoms with Crippen molar-refractivity contribution in [2.45, 2.75) is 39.2 Å². The third kappa shape index (κ3) is 5.66. The third-order valence-electron chi connectivity index (χ3n) is 5.96. The number of hydrogen-bond acceptors (Lipinski definition) is 9. The van der Waals surface area contributed by atoms with Crippen molar-refractivity contribution in [2.75, 3.05) is 14.2 Å². The minimum Gasteiger partial charge on any atom is -0.506 e. The lowest BCUT2D eigenvalue weighted by atomic mass is 9.96. The van der Waals surface area contributed by atoms with Gasteiger partial charge < -0.3 is 29.3 Å². The molecule has 4 aromatic rings. The van der Waals surface area contributed by atoms with E-state index in [4.69, 9.17) is 13.9 Å². The van der Waals surface area contributed by atoms with Crippen LogP contribution in [0, 0.1) is 0 Å². The lowest BCUT2D eigenvalue weighted by Crippen LogP contribution is -2.24. The number of aromatic nitrogens is 4. The molecule has 0 fully saturated rings. The number of unbranched alkanes of at least 4 members (excludes halogenated alkanes) is 1. The summed E-state index contributed by atoms with van der Waals surface area (Å²) in [5, 5.41) is 22.1. The standard InChI is InChI=1S/C27H29N5O6/c1-4-5-7-17-22(23-18(36-2)8-6-9-19(23)37-3)25(34)24(26(35)30-17)27-32-31-21(38-27)15-29-20(33)14-16-10-12-28-13-11-16/h6,8-13H,4-5,7,14-15H2,1-3H3,(H,29,33)(H2,30,34,35). The molecule has 4 rings (SSSR count). The first-order valence-electron chi connectivity index (χ1n) is 12.1. The number of nitrogens with one attached hydrogen (secondary N) is 2. The Morgan fingerprint density at radius 3 is 2.42 bits per heavy atom. The van der Waals surface area contributed by atoms with Gasteiger partial charge in [-0.25, -0.2) is 0 Å². The van der Waals surface area contributed by atoms with Gasteiger partial charge in [0.2, 0.25) is 11.8 Å². The number of nitrogens with zero attached hydrogens (tertiary/aromatic N) is 3. The topological polar surface area (TPSA) is 152 Å². The molecule has 0 radical (unpaired) electrons. The number of amides is 1. The van der Waals surface area contributed by atoms with E-state index in [9.17, 15) is 14.7 Å². The van der Waals surface area contributed by atoms with E-state index in [2.05, 4.69) is 25.5 Å². The predicted molar refractivity (Wildman–Crippen MR) is 139 cm³/mol. The van der Waals surface area contributed by atoms with Crippen LogP contribution >= 0.6 is 0 Å². The fourth-order valence-electron chi connectivity index (χ4n) is 4.09. The van der Waals surface area contributed by atoms with Gasteiger partial charge in [0.1, 0.15) is 22.8 Å². The van der Waals surface area contributed by atoms with Gasteiger partial charge in [0.25, 0.3) is 11.4 Å². The zero-order valence-corrected chi connectivity index (χ0v) is 21.4. The van der Waals surface area contributed by atoms with Gasteiger partial charge in [-0.2, -0.15) is 0 Å². The second-order valence-electron chi connectivity index (χ2n) is 8.48. The molecule has 0 saturated carbocycles. The molecule has 0 unspecified atom stereocenters. The summed E-state index contributed by atoms with van der Waals surface area (Å²) in [4.78, 5) is 32.2. The number of pyridine rings is 2. The van der Waals surface area contributed by atoms with Crippen molar-refractivity contribution in [1.82, 2.24) is 25.5 Å². The molecule has 0 bridgehead atoms. The van der Waals surface area contributed by atoms with E-state index in [1.807, 2.05) is 6.92 Å². The molecule has 1 amide bonds. The number of ether oxygens (including phenoxy) is 2. The van der Waals surface area contributed by atoms with Crippen LogP contribution in [0.2, 0.25) is 0 Å². The Balaban J connectivity index is 1.69. The summed E-state index contributed by atoms with van der Waals surface area (Å²) in [5.74, 6) is 0.228. The van der Waals surface area contributed by atoms with Gasteiger partial charge in [-0.05, 0) is 42.7 Å². The Bertz CT molecular complexity index is 1440. The van der Waals surface area contributed by atoms with Crippen molar-refractivity contribution < 1.29 is 23.8 Å². The smallest absolute Gasteiger partial charge is 0.264 e. The van der Waals surface area contributed by atoms with Gasteiger partial charge in [0.05, 0.1) is 38.3 Å². The maximum absolute atomic E-state index is 13.1. The average molecular weight is 520 g/mol. The van der Waals surface area contributed by atoms with Crippen LogP contribution in [0.15, 0.2) is 51.9 Å². The van der Waals surface area contributed by atoms with Crippen LogP contribution in [0.25, 0.3) is 22.6 Å². The number of aryl methyl sites for hydroxylation is 1. The van der Waals surface area contributed by atoms with Crippen LogP contribution in [0.4, 0.5) is 0 Å². The largest absolute Gasteiger partial charge is 0.506 e. The first-order chi connectivity index (χ1) is 18.5. The molecule has 0 saturated heterocycles. The summed E-state index contributed by atoms with van der Waals surface area (Å²) < 4.78 is 16.8. The zero-order chi connectivity index (χ0) is 27.1. The third-order valence-corrected chi connectivity index (χ3v) is 5.96. The van der Waals surface area contributed by atoms with Crippen LogP contribution in [0.5, 0.6) is 17.2 Å². The zero-order valence-electron chi connectivity index (χ0n) is 21.4. The molecule has 3 heterocycles. The van der Waals surface area contributed by atoms with Gasteiger partial charge in [-0.1, -0.05) is 19.4 Å². The second-order valence-corrected chi connectivity index (χ2v) is 8.48. The van der Waals surface area contributed by atoms with Crippen molar-refractivity contribution in [3.63, 3.8) is 0 Å². The van der Waals surface area contributed by atoms with Gasteiger partial charge in [-0.15, -0.1) is 10.2 Å². The van der Waals surface area contributed by atoms with E-state index in [0.717, 1.165) is 18.4 Å². The van der Waals surface area contributed by atoms with E-state index in [1.165, 1.54) is 14.2 Å². The average Bonchev–Trinajstić information content (AvgIpc) is 3.39. The van der Waals surface area contributed by atoms with Gasteiger partial charge in [0.15, 0.2) is 0 Å². The number of H-pyrrole nitrogens is 1. The van der Waals surface area contributed by atoms with Crippen molar-refractivity contribution in [2.24, 2.45) is 0 Å². The molecule has 0 aliphatic heterocycles. The summed E-state index contributed by atoms with van der Waals surface area (Å²) in [5.41, 5.74) is 1.42. The number of carbonyl (C=O) groups is 1. The van der Waals surface area contributed by atoms with E-state index >= 15 is 0 Å². The maximum atomic E-state index is 13.1. The van der Waals surface area contributed by atoms with Crippen LogP contribution in [0.1, 0.15) is 36.9 Å². The van der Waals surface area contributed by atoms with Crippen LogP contribution in [0.3, 0.4) is 0 Å². The highest BCUT2D eigenvalue weighted by Crippen LogP contribution is 2.46. The van der Waals surface area contributed by atoms with Crippen molar-refractivity contribution in [1.29, 1.82) is 0 Å². The van der Waals surface area contributed by atoms with E-state index < -0.39 is 5.56 Å². The first kappa shape index (κ1) is 26.4. The maximum Gasteiger partial charge on any atom is 0.264 e. The molecule has 3 N–H and O–H groups in total. The molecule has 11 nitrogen and oxygen atoms in total. The number of benzene rings is 1. The molecular weight excluding hydrogens is 490 g/mol. The molecule has 0 aliphatic carbocycles. The number of aromatic amines is 1. The Morgan fingerprint density at radius 2 is 1.76 bits per heavy atom. The van der Waals surface area contributed by atoms with Gasteiger partial charge in [-0.3, -0.25) is 14.6 Å². The molecule has 0 atom stereocenters. The number of methoxy groups -OCH3 is 2. The van der Waals surface area contributed by atoms with Gasteiger partial charge in [0, 0.05) is 18.1 Å². The Hall–Kier alpha value is -4.67. The highest BCUT2D eigenvalue weighted by Gasteiger charge is 2.27. The number of carbonyl (C=O) groups excluding carboxylic acids is 1. The summed E-state index contributed by atoms with van der Waals surface area (Å²) in [7, 11) is 3.03. The Labute approximate surface area is 218 Å². The van der Waals surface area contributed by atoms with Crippen LogP contribution in [-0.4, -0.2) is 45.4 Å². The number of aromatic hydroxyl groups is 1. The lowest BCUT2D eigenvalue weighted by molar-refractivity contribution is -0.120. The van der Waals surface area contributed by atoms with Crippen molar-refractivity contribution in [3.05, 3.63) is 70.2 Å². The Morgan fingerprint density at radius 1 is 1.05 bits per heavy atom. The molecule has 198 valence electrons. The molecule has 3 aromatic heterocycles. The minimum absolute atomic E-state index is 0.0443. The predicted octanol–water partition coefficient (Wildman–Crippen LogP) is 3.41. The molecule has 0 spiro atoms.